The van der Waals surface area contributed by atoms with Crippen molar-refractivity contribution in [2.75, 3.05) is 0 Å². The fourth-order valence-electron chi connectivity index (χ4n) is 2.35. The van der Waals surface area contributed by atoms with Crippen LogP contribution in [0.2, 0.25) is 10.0 Å². The Morgan fingerprint density at radius 2 is 1.15 bits per heavy atom. The van der Waals surface area contributed by atoms with Gasteiger partial charge in [-0.2, -0.15) is 0 Å². The van der Waals surface area contributed by atoms with Gasteiger partial charge in [0.15, 0.2) is 0 Å². The largest absolute Gasteiger partial charge is 0.0911 e. The lowest BCUT2D eigenvalue weighted by Crippen LogP contribution is -1.88. The maximum Gasteiger partial charge on any atom is 0.0406 e. The molecule has 0 saturated carbocycles. The summed E-state index contributed by atoms with van der Waals surface area (Å²) in [5.41, 5.74) is 5.57. The van der Waals surface area contributed by atoms with Crippen molar-refractivity contribution in [2.45, 2.75) is 0 Å². The van der Waals surface area contributed by atoms with Crippen molar-refractivity contribution in [2.24, 2.45) is 0 Å². The first-order valence-corrected chi connectivity index (χ1v) is 7.04. The lowest BCUT2D eigenvalue weighted by molar-refractivity contribution is 1.59. The molecular formula is C18H12Cl2. The van der Waals surface area contributed by atoms with E-state index in [2.05, 4.69) is 12.7 Å². The summed E-state index contributed by atoms with van der Waals surface area (Å²) in [4.78, 5) is 0. The molecule has 0 amide bonds. The molecule has 2 aromatic carbocycles. The van der Waals surface area contributed by atoms with E-state index < -0.39 is 0 Å². The standard InChI is InChI=1S/C18H12Cl2/c1-12-2-11-17(13-3-7-15(19)8-4-13)18(12)14-5-9-16(20)10-6-14/h2-11H,1H2. The fraction of sp³-hybridized carbons (Fsp3) is 0. The van der Waals surface area contributed by atoms with E-state index >= 15 is 0 Å². The zero-order valence-corrected chi connectivity index (χ0v) is 12.2. The van der Waals surface area contributed by atoms with Crippen LogP contribution in [0.3, 0.4) is 0 Å². The van der Waals surface area contributed by atoms with Gasteiger partial charge in [0.25, 0.3) is 0 Å². The smallest absolute Gasteiger partial charge is 0.0406 e. The van der Waals surface area contributed by atoms with Gasteiger partial charge in [-0.25, -0.2) is 0 Å². The average molecular weight is 299 g/mol. The third-order valence-corrected chi connectivity index (χ3v) is 3.83. The molecule has 0 bridgehead atoms. The molecule has 20 heavy (non-hydrogen) atoms. The van der Waals surface area contributed by atoms with E-state index in [9.17, 15) is 0 Å². The molecule has 0 N–H and O–H groups in total. The van der Waals surface area contributed by atoms with Crippen LogP contribution in [0, 0.1) is 0 Å². The minimum atomic E-state index is 0.735. The van der Waals surface area contributed by atoms with Crippen molar-refractivity contribution in [3.63, 3.8) is 0 Å². The normalized spacial score (nSPS) is 14.2. The van der Waals surface area contributed by atoms with Gasteiger partial charge in [-0.15, -0.1) is 0 Å². The van der Waals surface area contributed by atoms with Gasteiger partial charge < -0.3 is 0 Å². The SMILES string of the molecule is C=C1C=CC(c2ccc(Cl)cc2)=C1c1ccc(Cl)cc1. The highest BCUT2D eigenvalue weighted by molar-refractivity contribution is 6.31. The molecule has 0 nitrogen and oxygen atoms in total. The highest BCUT2D eigenvalue weighted by atomic mass is 35.5. The number of rotatable bonds is 2. The van der Waals surface area contributed by atoms with Crippen LogP contribution in [0.15, 0.2) is 72.8 Å². The van der Waals surface area contributed by atoms with E-state index in [1.165, 1.54) is 0 Å². The average Bonchev–Trinajstić information content (AvgIpc) is 2.83. The van der Waals surface area contributed by atoms with Crippen LogP contribution in [-0.2, 0) is 0 Å². The highest BCUT2D eigenvalue weighted by Gasteiger charge is 2.16. The minimum absolute atomic E-state index is 0.735. The summed E-state index contributed by atoms with van der Waals surface area (Å²) in [6, 6.07) is 15.7. The lowest BCUT2D eigenvalue weighted by atomic mass is 9.95. The van der Waals surface area contributed by atoms with Gasteiger partial charge in [-0.3, -0.25) is 0 Å². The van der Waals surface area contributed by atoms with E-state index in [1.54, 1.807) is 0 Å². The number of benzene rings is 2. The molecule has 0 aliphatic heterocycles. The van der Waals surface area contributed by atoms with Gasteiger partial charge in [-0.05, 0) is 52.1 Å². The Balaban J connectivity index is 2.14. The van der Waals surface area contributed by atoms with Gasteiger partial charge in [0, 0.05) is 10.0 Å². The van der Waals surface area contributed by atoms with Crippen molar-refractivity contribution in [1.29, 1.82) is 0 Å². The van der Waals surface area contributed by atoms with Crippen LogP contribution in [-0.4, -0.2) is 0 Å². The lowest BCUT2D eigenvalue weighted by Gasteiger charge is -2.09. The first kappa shape index (κ1) is 13.2. The van der Waals surface area contributed by atoms with Crippen LogP contribution < -0.4 is 0 Å². The second-order valence-electron chi connectivity index (χ2n) is 4.66. The molecular weight excluding hydrogens is 287 g/mol. The van der Waals surface area contributed by atoms with Crippen LogP contribution in [0.4, 0.5) is 0 Å². The number of halogens is 2. The van der Waals surface area contributed by atoms with Crippen molar-refractivity contribution in [3.8, 4) is 0 Å². The monoisotopic (exact) mass is 298 g/mol. The Hall–Kier alpha value is -1.76. The molecule has 1 aliphatic rings. The summed E-state index contributed by atoms with van der Waals surface area (Å²) in [6.45, 7) is 4.12. The summed E-state index contributed by atoms with van der Waals surface area (Å²) in [6.07, 6.45) is 4.13. The molecule has 2 heteroatoms. The molecule has 3 rings (SSSR count). The zero-order chi connectivity index (χ0) is 14.1. The first-order valence-electron chi connectivity index (χ1n) is 6.28. The molecule has 0 atom stereocenters. The van der Waals surface area contributed by atoms with Crippen LogP contribution >= 0.6 is 23.2 Å². The highest BCUT2D eigenvalue weighted by Crippen LogP contribution is 2.38. The second kappa shape index (κ2) is 5.32. The van der Waals surface area contributed by atoms with E-state index in [1.807, 2.05) is 54.6 Å². The maximum absolute atomic E-state index is 5.96. The van der Waals surface area contributed by atoms with E-state index in [0.717, 1.165) is 37.9 Å². The van der Waals surface area contributed by atoms with E-state index in [4.69, 9.17) is 23.2 Å². The van der Waals surface area contributed by atoms with Crippen molar-refractivity contribution in [3.05, 3.63) is 94.0 Å². The van der Waals surface area contributed by atoms with E-state index in [0.29, 0.717) is 0 Å². The number of hydrogen-bond donors (Lipinski definition) is 0. The van der Waals surface area contributed by atoms with Crippen LogP contribution in [0.25, 0.3) is 11.1 Å². The summed E-state index contributed by atoms with van der Waals surface area (Å²) < 4.78 is 0. The zero-order valence-electron chi connectivity index (χ0n) is 10.7. The van der Waals surface area contributed by atoms with Crippen LogP contribution in [0.5, 0.6) is 0 Å². The van der Waals surface area contributed by atoms with Gasteiger partial charge in [0.2, 0.25) is 0 Å². The van der Waals surface area contributed by atoms with Crippen molar-refractivity contribution < 1.29 is 0 Å². The maximum atomic E-state index is 5.96. The molecule has 2 aromatic rings. The van der Waals surface area contributed by atoms with Gasteiger partial charge in [-0.1, -0.05) is 66.2 Å². The Labute approximate surface area is 128 Å². The van der Waals surface area contributed by atoms with Crippen molar-refractivity contribution >= 4 is 34.3 Å². The molecule has 0 heterocycles. The molecule has 98 valence electrons. The first-order chi connectivity index (χ1) is 9.65. The molecule has 0 unspecified atom stereocenters. The van der Waals surface area contributed by atoms with Gasteiger partial charge in [0.1, 0.15) is 0 Å². The predicted octanol–water partition coefficient (Wildman–Crippen LogP) is 6.03. The summed E-state index contributed by atoms with van der Waals surface area (Å²) in [5, 5.41) is 1.47. The molecule has 0 fully saturated rings. The summed E-state index contributed by atoms with van der Waals surface area (Å²) in [5.74, 6) is 0. The molecule has 0 aromatic heterocycles. The third-order valence-electron chi connectivity index (χ3n) is 3.33. The second-order valence-corrected chi connectivity index (χ2v) is 5.53. The third kappa shape index (κ3) is 2.45. The Kier molecular flexibility index (Phi) is 3.52. The molecule has 1 aliphatic carbocycles. The quantitative estimate of drug-likeness (QED) is 0.635. The Morgan fingerprint density at radius 1 is 0.650 bits per heavy atom. The molecule has 0 spiro atoms. The van der Waals surface area contributed by atoms with Crippen LogP contribution in [0.1, 0.15) is 11.1 Å². The number of allylic oxidation sites excluding steroid dienone is 5. The van der Waals surface area contributed by atoms with E-state index in [-0.39, 0.29) is 0 Å². The fourth-order valence-corrected chi connectivity index (χ4v) is 2.60. The van der Waals surface area contributed by atoms with Gasteiger partial charge >= 0.3 is 0 Å². The van der Waals surface area contributed by atoms with Gasteiger partial charge in [0.05, 0.1) is 0 Å². The summed E-state index contributed by atoms with van der Waals surface area (Å²) >= 11 is 11.9. The Morgan fingerprint density at radius 3 is 1.70 bits per heavy atom. The molecule has 0 saturated heterocycles. The Bertz CT molecular complexity index is 670. The number of hydrogen-bond acceptors (Lipinski definition) is 0. The predicted molar refractivity (Wildman–Crippen MR) is 88.0 cm³/mol. The van der Waals surface area contributed by atoms with Crippen molar-refractivity contribution in [1.82, 2.24) is 0 Å². The molecule has 0 radical (unpaired) electrons. The topological polar surface area (TPSA) is 0 Å². The minimum Gasteiger partial charge on any atom is -0.0911 e. The summed E-state index contributed by atoms with van der Waals surface area (Å²) in [7, 11) is 0.